The number of halogens is 1. The third-order valence-electron chi connectivity index (χ3n) is 4.12. The fourth-order valence-electron chi connectivity index (χ4n) is 2.69. The molecule has 18 heavy (non-hydrogen) atoms. The fraction of sp³-hybridized carbons (Fsp3) is 0.867. The van der Waals surface area contributed by atoms with Crippen LogP contribution in [0.2, 0.25) is 0 Å². The fourth-order valence-corrected chi connectivity index (χ4v) is 2.76. The van der Waals surface area contributed by atoms with Gasteiger partial charge >= 0.3 is 0 Å². The van der Waals surface area contributed by atoms with Crippen LogP contribution in [-0.2, 0) is 0 Å². The summed E-state index contributed by atoms with van der Waals surface area (Å²) in [4.78, 5) is 2.60. The van der Waals surface area contributed by atoms with Crippen LogP contribution in [-0.4, -0.2) is 36.1 Å². The molecule has 1 aliphatic rings. The summed E-state index contributed by atoms with van der Waals surface area (Å²) < 4.78 is 0. The van der Waals surface area contributed by atoms with Gasteiger partial charge in [0.25, 0.3) is 0 Å². The monoisotopic (exact) mass is 272 g/mol. The first-order chi connectivity index (χ1) is 8.41. The number of rotatable bonds is 5. The molecule has 0 aromatic carbocycles. The molecule has 0 bridgehead atoms. The summed E-state index contributed by atoms with van der Waals surface area (Å²) in [5, 5.41) is 3.72. The van der Waals surface area contributed by atoms with Gasteiger partial charge < -0.3 is 5.32 Å². The maximum atomic E-state index is 5.82. The Morgan fingerprint density at radius 3 is 2.72 bits per heavy atom. The van der Waals surface area contributed by atoms with E-state index >= 15 is 0 Å². The second-order valence-electron chi connectivity index (χ2n) is 6.39. The van der Waals surface area contributed by atoms with Gasteiger partial charge in [-0.15, -0.1) is 0 Å². The summed E-state index contributed by atoms with van der Waals surface area (Å²) in [7, 11) is 0. The predicted octanol–water partition coefficient (Wildman–Crippen LogP) is 3.62. The number of piperazine rings is 1. The summed E-state index contributed by atoms with van der Waals surface area (Å²) >= 11 is 5.82. The van der Waals surface area contributed by atoms with Crippen LogP contribution in [0.4, 0.5) is 0 Å². The first kappa shape index (κ1) is 16.0. The molecule has 1 fully saturated rings. The Bertz CT molecular complexity index is 288. The molecule has 1 rings (SSSR count). The summed E-state index contributed by atoms with van der Waals surface area (Å²) in [5.41, 5.74) is 3.23. The lowest BCUT2D eigenvalue weighted by Gasteiger charge is -2.48. The maximum Gasteiger partial charge on any atom is 0.0307 e. The van der Waals surface area contributed by atoms with Crippen molar-refractivity contribution in [1.29, 1.82) is 0 Å². The molecule has 0 aromatic heterocycles. The molecule has 2 unspecified atom stereocenters. The minimum absolute atomic E-state index is 0.259. The molecule has 106 valence electrons. The van der Waals surface area contributed by atoms with E-state index in [1.807, 2.05) is 0 Å². The van der Waals surface area contributed by atoms with Crippen molar-refractivity contribution in [3.63, 3.8) is 0 Å². The quantitative estimate of drug-likeness (QED) is 0.822. The lowest BCUT2D eigenvalue weighted by molar-refractivity contribution is 0.0532. The molecular formula is C15H29ClN2. The zero-order valence-electron chi connectivity index (χ0n) is 12.6. The van der Waals surface area contributed by atoms with Crippen molar-refractivity contribution in [2.24, 2.45) is 5.92 Å². The Morgan fingerprint density at radius 2 is 2.22 bits per heavy atom. The zero-order chi connectivity index (χ0) is 13.8. The van der Waals surface area contributed by atoms with Gasteiger partial charge in [0.15, 0.2) is 0 Å². The van der Waals surface area contributed by atoms with Crippen LogP contribution < -0.4 is 5.32 Å². The summed E-state index contributed by atoms with van der Waals surface area (Å²) in [5.74, 6) is 0.750. The molecule has 1 N–H and O–H groups in total. The minimum Gasteiger partial charge on any atom is -0.311 e. The highest BCUT2D eigenvalue weighted by Gasteiger charge is 2.36. The summed E-state index contributed by atoms with van der Waals surface area (Å²) in [6, 6.07) is 0.618. The lowest BCUT2D eigenvalue weighted by atomic mass is 9.89. The van der Waals surface area contributed by atoms with Crippen LogP contribution in [0.25, 0.3) is 0 Å². The number of nitrogens with zero attached hydrogens (tertiary/aromatic N) is 1. The summed E-state index contributed by atoms with van der Waals surface area (Å²) in [6.07, 6.45) is 2.42. The van der Waals surface area contributed by atoms with Crippen molar-refractivity contribution in [2.45, 2.75) is 59.0 Å². The van der Waals surface area contributed by atoms with Gasteiger partial charge in [-0.1, -0.05) is 32.4 Å². The molecule has 1 heterocycles. The minimum atomic E-state index is 0.259. The van der Waals surface area contributed by atoms with Crippen LogP contribution in [0.15, 0.2) is 11.1 Å². The molecule has 0 aliphatic carbocycles. The predicted molar refractivity (Wildman–Crippen MR) is 81.1 cm³/mol. The molecule has 3 heteroatoms. The van der Waals surface area contributed by atoms with Gasteiger partial charge in [-0.2, -0.15) is 0 Å². The number of hydrogen-bond acceptors (Lipinski definition) is 2. The van der Waals surface area contributed by atoms with Crippen molar-refractivity contribution < 1.29 is 0 Å². The Morgan fingerprint density at radius 1 is 1.56 bits per heavy atom. The van der Waals surface area contributed by atoms with Crippen LogP contribution in [0.1, 0.15) is 47.5 Å². The van der Waals surface area contributed by atoms with Crippen LogP contribution >= 0.6 is 11.6 Å². The molecule has 1 saturated heterocycles. The number of nitrogens with one attached hydrogen (secondary N) is 1. The highest BCUT2D eigenvalue weighted by atomic mass is 35.5. The Hall–Kier alpha value is -0.0500. The first-order valence-electron chi connectivity index (χ1n) is 7.15. The van der Waals surface area contributed by atoms with E-state index in [1.54, 1.807) is 5.54 Å². The van der Waals surface area contributed by atoms with Crippen molar-refractivity contribution in [3.8, 4) is 0 Å². The van der Waals surface area contributed by atoms with E-state index in [0.717, 1.165) is 25.6 Å². The third kappa shape index (κ3) is 4.25. The van der Waals surface area contributed by atoms with Gasteiger partial charge in [0.2, 0.25) is 0 Å². The van der Waals surface area contributed by atoms with E-state index in [-0.39, 0.29) is 5.54 Å². The molecule has 0 saturated carbocycles. The maximum absolute atomic E-state index is 5.82. The van der Waals surface area contributed by atoms with Crippen LogP contribution in [0.3, 0.4) is 0 Å². The van der Waals surface area contributed by atoms with Gasteiger partial charge in [-0.3, -0.25) is 4.90 Å². The van der Waals surface area contributed by atoms with Crippen LogP contribution in [0.5, 0.6) is 0 Å². The zero-order valence-corrected chi connectivity index (χ0v) is 13.3. The third-order valence-corrected chi connectivity index (χ3v) is 4.49. The Kier molecular flexibility index (Phi) is 6.16. The van der Waals surface area contributed by atoms with Crippen molar-refractivity contribution in [2.75, 3.05) is 19.6 Å². The molecule has 0 radical (unpaired) electrons. The van der Waals surface area contributed by atoms with Crippen molar-refractivity contribution in [1.82, 2.24) is 10.2 Å². The van der Waals surface area contributed by atoms with Gasteiger partial charge in [0.1, 0.15) is 0 Å². The summed E-state index contributed by atoms with van der Waals surface area (Å²) in [6.45, 7) is 14.5. The van der Waals surface area contributed by atoms with E-state index in [2.05, 4.69) is 44.8 Å². The van der Waals surface area contributed by atoms with Crippen molar-refractivity contribution >= 4 is 11.6 Å². The molecule has 1 aliphatic heterocycles. The normalized spacial score (nSPS) is 31.1. The second kappa shape index (κ2) is 6.93. The SMILES string of the molecule is CCC1(C)CNC(CC(C)C)CN1CC(C)=CCl. The van der Waals surface area contributed by atoms with E-state index < -0.39 is 0 Å². The van der Waals surface area contributed by atoms with E-state index in [4.69, 9.17) is 11.6 Å². The standard InChI is InChI=1S/C15H29ClN2/c1-6-15(5)11-17-14(7-12(2)3)10-18(15)9-13(4)8-16/h8,12,14,17H,6-7,9-11H2,1-5H3. The van der Waals surface area contributed by atoms with E-state index in [9.17, 15) is 0 Å². The highest BCUT2D eigenvalue weighted by Crippen LogP contribution is 2.25. The number of hydrogen-bond donors (Lipinski definition) is 1. The highest BCUT2D eigenvalue weighted by molar-refractivity contribution is 6.25. The van der Waals surface area contributed by atoms with Gasteiger partial charge in [-0.25, -0.2) is 0 Å². The molecule has 0 spiro atoms. The topological polar surface area (TPSA) is 15.3 Å². The van der Waals surface area contributed by atoms with Crippen LogP contribution in [0, 0.1) is 5.92 Å². The average molecular weight is 273 g/mol. The first-order valence-corrected chi connectivity index (χ1v) is 7.59. The average Bonchev–Trinajstić information content (AvgIpc) is 2.32. The Labute approximate surface area is 118 Å². The smallest absolute Gasteiger partial charge is 0.0307 e. The van der Waals surface area contributed by atoms with E-state index in [1.165, 1.54) is 18.4 Å². The molecule has 2 atom stereocenters. The van der Waals surface area contributed by atoms with Crippen molar-refractivity contribution in [3.05, 3.63) is 11.1 Å². The Balaban J connectivity index is 2.70. The molecular weight excluding hydrogens is 244 g/mol. The van der Waals surface area contributed by atoms with Gasteiger partial charge in [0, 0.05) is 36.8 Å². The lowest BCUT2D eigenvalue weighted by Crippen LogP contribution is -2.63. The molecule has 0 amide bonds. The van der Waals surface area contributed by atoms with Gasteiger partial charge in [0.05, 0.1) is 0 Å². The van der Waals surface area contributed by atoms with E-state index in [0.29, 0.717) is 6.04 Å². The van der Waals surface area contributed by atoms with Gasteiger partial charge in [-0.05, 0) is 38.2 Å². The molecule has 2 nitrogen and oxygen atoms in total. The largest absolute Gasteiger partial charge is 0.311 e. The second-order valence-corrected chi connectivity index (χ2v) is 6.61. The molecule has 0 aromatic rings.